The van der Waals surface area contributed by atoms with E-state index in [1.54, 1.807) is 19.8 Å². The number of benzene rings is 2. The van der Waals surface area contributed by atoms with E-state index in [0.717, 1.165) is 37.4 Å². The molecular weight excluding hydrogens is 366 g/mol. The van der Waals surface area contributed by atoms with Gasteiger partial charge in [0.2, 0.25) is 0 Å². The van der Waals surface area contributed by atoms with E-state index in [9.17, 15) is 0 Å². The summed E-state index contributed by atoms with van der Waals surface area (Å²) in [6.45, 7) is 6.82. The molecule has 0 N–H and O–H groups in total. The number of likely N-dealkylation sites (tertiary alicyclic amines) is 1. The van der Waals surface area contributed by atoms with Gasteiger partial charge in [0, 0.05) is 18.0 Å². The molecule has 3 nitrogen and oxygen atoms in total. The third-order valence-electron chi connectivity index (χ3n) is 6.07. The van der Waals surface area contributed by atoms with Crippen LogP contribution in [0.15, 0.2) is 46.9 Å². The number of hydrogen-bond donors (Lipinski definition) is 0. The van der Waals surface area contributed by atoms with Crippen LogP contribution in [0.25, 0.3) is 5.57 Å². The summed E-state index contributed by atoms with van der Waals surface area (Å²) in [7, 11) is 5.62. The van der Waals surface area contributed by atoms with Crippen molar-refractivity contribution in [3.05, 3.63) is 58.7 Å². The van der Waals surface area contributed by atoms with Crippen LogP contribution in [-0.2, 0) is 4.75 Å². The van der Waals surface area contributed by atoms with Crippen LogP contribution in [0.4, 0.5) is 0 Å². The molecule has 2 aliphatic rings. The number of rotatable bonds is 3. The van der Waals surface area contributed by atoms with E-state index < -0.39 is 0 Å². The van der Waals surface area contributed by atoms with Gasteiger partial charge in [-0.05, 0) is 68.6 Å². The minimum atomic E-state index is -0.124. The topological polar surface area (TPSA) is 21.7 Å². The van der Waals surface area contributed by atoms with Crippen molar-refractivity contribution in [1.82, 2.24) is 4.90 Å². The second kappa shape index (κ2) is 7.49. The van der Waals surface area contributed by atoms with Gasteiger partial charge in [0.15, 0.2) is 11.5 Å². The maximum Gasteiger partial charge on any atom is 0.161 e. The van der Waals surface area contributed by atoms with Crippen molar-refractivity contribution in [2.45, 2.75) is 36.3 Å². The average molecular weight is 396 g/mol. The summed E-state index contributed by atoms with van der Waals surface area (Å²) in [4.78, 5) is 3.81. The first-order chi connectivity index (χ1) is 13.5. The number of hydrogen-bond acceptors (Lipinski definition) is 4. The zero-order valence-corrected chi connectivity index (χ0v) is 18.3. The molecule has 1 atom stereocenters. The highest BCUT2D eigenvalue weighted by Crippen LogP contribution is 2.60. The zero-order valence-electron chi connectivity index (χ0n) is 17.5. The number of ether oxygens (including phenoxy) is 2. The van der Waals surface area contributed by atoms with Crippen LogP contribution in [0, 0.1) is 6.92 Å². The molecule has 0 radical (unpaired) electrons. The first-order valence-electron chi connectivity index (χ1n) is 9.90. The zero-order chi connectivity index (χ0) is 19.9. The summed E-state index contributed by atoms with van der Waals surface area (Å²) in [5.41, 5.74) is 7.12. The lowest BCUT2D eigenvalue weighted by Crippen LogP contribution is -2.28. The standard InChI is InChI=1S/C24H29NO2S/c1-16-6-9-22-19(14-16)23(17-10-12-25(3)13-11-17)24(2,28-22)18-7-8-20(26-4)21(15-18)27-5/h6-9,14-15H,10-13H2,1-5H3. The molecular formula is C24H29NO2S. The van der Waals surface area contributed by atoms with Gasteiger partial charge in [-0.25, -0.2) is 0 Å². The van der Waals surface area contributed by atoms with Gasteiger partial charge in [-0.1, -0.05) is 29.3 Å². The molecule has 0 amide bonds. The van der Waals surface area contributed by atoms with Crippen molar-refractivity contribution < 1.29 is 9.47 Å². The Morgan fingerprint density at radius 3 is 2.36 bits per heavy atom. The molecule has 28 heavy (non-hydrogen) atoms. The molecule has 2 aromatic carbocycles. The van der Waals surface area contributed by atoms with Crippen LogP contribution < -0.4 is 9.47 Å². The Balaban J connectivity index is 1.89. The monoisotopic (exact) mass is 395 g/mol. The molecule has 0 saturated carbocycles. The Kier molecular flexibility index (Phi) is 5.19. The fourth-order valence-electron chi connectivity index (χ4n) is 4.46. The normalized spacial score (nSPS) is 22.3. The Morgan fingerprint density at radius 1 is 0.964 bits per heavy atom. The summed E-state index contributed by atoms with van der Waals surface area (Å²) in [6, 6.07) is 13.3. The largest absolute Gasteiger partial charge is 0.493 e. The van der Waals surface area contributed by atoms with Gasteiger partial charge in [0.25, 0.3) is 0 Å². The highest BCUT2D eigenvalue weighted by Gasteiger charge is 2.42. The Labute approximate surface area is 172 Å². The van der Waals surface area contributed by atoms with Gasteiger partial charge in [0.05, 0.1) is 19.0 Å². The van der Waals surface area contributed by atoms with E-state index in [-0.39, 0.29) is 4.75 Å². The van der Waals surface area contributed by atoms with Crippen LogP contribution in [0.2, 0.25) is 0 Å². The molecule has 4 heteroatoms. The Morgan fingerprint density at radius 2 is 1.68 bits per heavy atom. The lowest BCUT2D eigenvalue weighted by atomic mass is 9.81. The van der Waals surface area contributed by atoms with Gasteiger partial charge in [-0.15, -0.1) is 11.8 Å². The molecule has 2 aromatic rings. The molecule has 1 fully saturated rings. The van der Waals surface area contributed by atoms with Crippen LogP contribution >= 0.6 is 11.8 Å². The maximum atomic E-state index is 5.62. The molecule has 148 valence electrons. The van der Waals surface area contributed by atoms with Crippen molar-refractivity contribution >= 4 is 17.3 Å². The van der Waals surface area contributed by atoms with E-state index in [1.807, 2.05) is 17.8 Å². The molecule has 1 unspecified atom stereocenters. The fourth-order valence-corrected chi connectivity index (χ4v) is 5.91. The Hall–Kier alpha value is -1.91. The van der Waals surface area contributed by atoms with E-state index in [1.165, 1.54) is 27.2 Å². The first-order valence-corrected chi connectivity index (χ1v) is 10.7. The van der Waals surface area contributed by atoms with Gasteiger partial charge in [0.1, 0.15) is 0 Å². The lowest BCUT2D eigenvalue weighted by Gasteiger charge is -2.32. The predicted molar refractivity (Wildman–Crippen MR) is 118 cm³/mol. The summed E-state index contributed by atoms with van der Waals surface area (Å²) in [5.74, 6) is 1.57. The third-order valence-corrected chi connectivity index (χ3v) is 7.50. The predicted octanol–water partition coefficient (Wildman–Crippen LogP) is 5.51. The number of thioether (sulfide) groups is 1. The van der Waals surface area contributed by atoms with E-state index >= 15 is 0 Å². The smallest absolute Gasteiger partial charge is 0.161 e. The number of nitrogens with zero attached hydrogens (tertiary/aromatic N) is 1. The molecule has 2 aliphatic heterocycles. The summed E-state index contributed by atoms with van der Waals surface area (Å²) >= 11 is 1.97. The van der Waals surface area contributed by atoms with E-state index in [2.05, 4.69) is 56.1 Å². The molecule has 1 saturated heterocycles. The molecule has 0 aromatic heterocycles. The van der Waals surface area contributed by atoms with Gasteiger partial charge in [-0.2, -0.15) is 0 Å². The third kappa shape index (κ3) is 3.23. The highest BCUT2D eigenvalue weighted by molar-refractivity contribution is 8.01. The SMILES string of the molecule is COc1ccc(C2(C)Sc3ccc(C)cc3C2=C2CCN(C)CC2)cc1OC. The number of methoxy groups -OCH3 is 2. The van der Waals surface area contributed by atoms with Crippen LogP contribution in [0.1, 0.15) is 36.5 Å². The summed E-state index contributed by atoms with van der Waals surface area (Å²) < 4.78 is 11.0. The number of piperidine rings is 1. The van der Waals surface area contributed by atoms with Crippen molar-refractivity contribution in [3.8, 4) is 11.5 Å². The lowest BCUT2D eigenvalue weighted by molar-refractivity contribution is 0.312. The van der Waals surface area contributed by atoms with E-state index in [4.69, 9.17) is 9.47 Å². The van der Waals surface area contributed by atoms with Gasteiger partial charge >= 0.3 is 0 Å². The van der Waals surface area contributed by atoms with Gasteiger partial charge in [-0.3, -0.25) is 0 Å². The van der Waals surface area contributed by atoms with Crippen LogP contribution in [-0.4, -0.2) is 39.3 Å². The quantitative estimate of drug-likeness (QED) is 0.683. The fraction of sp³-hybridized carbons (Fsp3) is 0.417. The van der Waals surface area contributed by atoms with Crippen molar-refractivity contribution in [2.75, 3.05) is 34.4 Å². The summed E-state index contributed by atoms with van der Waals surface area (Å²) in [6.07, 6.45) is 2.28. The molecule has 2 heterocycles. The van der Waals surface area contributed by atoms with E-state index in [0.29, 0.717) is 0 Å². The molecule has 0 spiro atoms. The number of fused-ring (bicyclic) bond motifs is 1. The molecule has 0 bridgehead atoms. The minimum absolute atomic E-state index is 0.124. The summed E-state index contributed by atoms with van der Waals surface area (Å²) in [5, 5.41) is 0. The van der Waals surface area contributed by atoms with Crippen molar-refractivity contribution in [3.63, 3.8) is 0 Å². The van der Waals surface area contributed by atoms with Crippen LogP contribution in [0.5, 0.6) is 11.5 Å². The average Bonchev–Trinajstić information content (AvgIpc) is 3.00. The van der Waals surface area contributed by atoms with Gasteiger partial charge < -0.3 is 14.4 Å². The second-order valence-corrected chi connectivity index (χ2v) is 9.45. The van der Waals surface area contributed by atoms with Crippen molar-refractivity contribution in [2.24, 2.45) is 0 Å². The highest BCUT2D eigenvalue weighted by atomic mass is 32.2. The van der Waals surface area contributed by atoms with Crippen molar-refractivity contribution in [1.29, 1.82) is 0 Å². The number of aryl methyl sites for hydroxylation is 1. The van der Waals surface area contributed by atoms with Crippen LogP contribution in [0.3, 0.4) is 0 Å². The second-order valence-electron chi connectivity index (χ2n) is 7.99. The first kappa shape index (κ1) is 19.4. The minimum Gasteiger partial charge on any atom is -0.493 e. The Bertz CT molecular complexity index is 926. The molecule has 4 rings (SSSR count). The maximum absolute atomic E-state index is 5.62. The molecule has 0 aliphatic carbocycles.